The van der Waals surface area contributed by atoms with Gasteiger partial charge in [-0.05, 0) is 12.8 Å². The zero-order valence-corrected chi connectivity index (χ0v) is 29.1. The van der Waals surface area contributed by atoms with Crippen molar-refractivity contribution >= 4 is 25.6 Å². The molecule has 0 saturated carbocycles. The van der Waals surface area contributed by atoms with E-state index in [4.69, 9.17) is 0 Å². The van der Waals surface area contributed by atoms with Crippen molar-refractivity contribution in [3.63, 3.8) is 0 Å². The second-order valence-electron chi connectivity index (χ2n) is 8.49. The summed E-state index contributed by atoms with van der Waals surface area (Å²) in [5.74, 6) is 2.43. The van der Waals surface area contributed by atoms with Crippen molar-refractivity contribution < 1.29 is 46.1 Å². The molecule has 3 aromatic rings. The van der Waals surface area contributed by atoms with Crippen LogP contribution in [0.2, 0.25) is 5.76 Å². The molecule has 0 aromatic heterocycles. The molecule has 0 saturated heterocycles. The van der Waals surface area contributed by atoms with Crippen LogP contribution in [0.25, 0.3) is 11.1 Å². The third-order valence-corrected chi connectivity index (χ3v) is 13.8. The first-order valence-electron chi connectivity index (χ1n) is 12.4. The predicted octanol–water partition coefficient (Wildman–Crippen LogP) is 1.86. The maximum absolute atomic E-state index is 3.33. The normalized spacial score (nSPS) is 12.6. The van der Waals surface area contributed by atoms with E-state index in [1.807, 2.05) is 0 Å². The number of hydrogen-bond donors (Lipinski definition) is 0. The Morgan fingerprint density at radius 1 is 0.676 bits per heavy atom. The van der Waals surface area contributed by atoms with Crippen molar-refractivity contribution in [1.29, 1.82) is 0 Å². The molecular formula is C33H34Cl2GeHf-2. The molecule has 3 aromatic carbocycles. The summed E-state index contributed by atoms with van der Waals surface area (Å²) in [4.78, 5) is 0. The van der Waals surface area contributed by atoms with Crippen molar-refractivity contribution in [3.05, 3.63) is 138 Å². The molecule has 0 bridgehead atoms. The first kappa shape index (κ1) is 33.6. The number of allylic oxidation sites excluding steroid dienone is 8. The van der Waals surface area contributed by atoms with Gasteiger partial charge in [0.15, 0.2) is 0 Å². The van der Waals surface area contributed by atoms with Crippen LogP contribution >= 0.6 is 0 Å². The summed E-state index contributed by atoms with van der Waals surface area (Å²) in [5.41, 5.74) is 7.88. The Morgan fingerprint density at radius 2 is 1.14 bits per heavy atom. The van der Waals surface area contributed by atoms with Gasteiger partial charge >= 0.3 is 71.8 Å². The minimum absolute atomic E-state index is 0. The fourth-order valence-corrected chi connectivity index (χ4v) is 8.38. The molecule has 37 heavy (non-hydrogen) atoms. The Bertz CT molecular complexity index is 1170. The molecule has 2 aliphatic carbocycles. The van der Waals surface area contributed by atoms with Crippen molar-refractivity contribution in [3.8, 4) is 0 Å². The quantitative estimate of drug-likeness (QED) is 0.276. The zero-order chi connectivity index (χ0) is 24.9. The largest absolute Gasteiger partial charge is 1.00 e. The van der Waals surface area contributed by atoms with Crippen LogP contribution in [-0.4, -0.2) is 10.1 Å². The molecule has 0 radical (unpaired) electrons. The Kier molecular flexibility index (Phi) is 17.1. The maximum atomic E-state index is 3.33. The number of rotatable bonds is 5. The van der Waals surface area contributed by atoms with Gasteiger partial charge < -0.3 is 24.8 Å². The molecule has 190 valence electrons. The molecule has 0 aliphatic heterocycles. The van der Waals surface area contributed by atoms with Crippen LogP contribution in [0.4, 0.5) is 0 Å². The summed E-state index contributed by atoms with van der Waals surface area (Å²) in [7, 11) is -0.627. The van der Waals surface area contributed by atoms with Crippen LogP contribution in [0, 0.1) is 12.2 Å². The topological polar surface area (TPSA) is 0 Å². The number of halogens is 2. The van der Waals surface area contributed by atoms with Crippen LogP contribution in [0.15, 0.2) is 103 Å². The van der Waals surface area contributed by atoms with Gasteiger partial charge in [-0.1, -0.05) is 62.1 Å². The van der Waals surface area contributed by atoms with Gasteiger partial charge in [-0.3, -0.25) is 0 Å². The monoisotopic (exact) mass is 754 g/mol. The standard InChI is InChI=1S/2C13H13.C7H8Ge.2ClH.Hf/c2*1-2-11-6-5-9-13(10-11)12-7-3-4-8-12;1-8-7-5-3-2-4-6-7;;;/h2*3,5-7,9-10H,2,4H2,1H3;2-6H,1H3;2*1H;/q2*-1;;;;+2/p-2. The van der Waals surface area contributed by atoms with E-state index in [-0.39, 0.29) is 24.8 Å². The summed E-state index contributed by atoms with van der Waals surface area (Å²) in [6.45, 7) is 4.36. The molecule has 5 rings (SSSR count). The van der Waals surface area contributed by atoms with E-state index in [1.54, 1.807) is 4.40 Å². The first-order valence-corrected chi connectivity index (χ1v) is 26.0. The van der Waals surface area contributed by atoms with E-state index in [1.165, 1.54) is 54.7 Å². The van der Waals surface area contributed by atoms with Gasteiger partial charge in [-0.2, -0.15) is 35.5 Å². The molecule has 4 heteroatoms. The van der Waals surface area contributed by atoms with E-state index >= 15 is 0 Å². The third kappa shape index (κ3) is 11.5. The maximum Gasteiger partial charge on any atom is -1.00 e. The molecule has 0 fully saturated rings. The van der Waals surface area contributed by atoms with E-state index < -0.39 is 10.1 Å². The molecule has 0 atom stereocenters. The SMILES string of the molecule is CCc1cccc(C2=[C-]CC=C2)c1.CCc1cccc(C2=[C-]CC=C2)c1.[CH3][Ge](=[Hf+2])[c]1ccccc1.[Cl-].[Cl-]. The smallest absolute Gasteiger partial charge is 1.00 e. The second-order valence-corrected chi connectivity index (χ2v) is 26.3. The molecule has 0 heterocycles. The fraction of sp³-hybridized carbons (Fsp3) is 0.212. The average molecular weight is 753 g/mol. The summed E-state index contributed by atoms with van der Waals surface area (Å²) in [5, 5.41) is 0. The zero-order valence-electron chi connectivity index (χ0n) is 21.9. The Morgan fingerprint density at radius 3 is 1.46 bits per heavy atom. The van der Waals surface area contributed by atoms with Crippen molar-refractivity contribution in [1.82, 2.24) is 0 Å². The molecule has 2 aliphatic rings. The van der Waals surface area contributed by atoms with Crippen molar-refractivity contribution in [2.45, 2.75) is 45.3 Å². The van der Waals surface area contributed by atoms with Crippen LogP contribution in [0.3, 0.4) is 0 Å². The van der Waals surface area contributed by atoms with Crippen LogP contribution < -0.4 is 29.2 Å². The molecule has 0 amide bonds. The van der Waals surface area contributed by atoms with Gasteiger partial charge in [0, 0.05) is 0 Å². The molecule has 0 spiro atoms. The van der Waals surface area contributed by atoms with Gasteiger partial charge in [0.05, 0.1) is 0 Å². The van der Waals surface area contributed by atoms with Gasteiger partial charge in [0.25, 0.3) is 0 Å². The molecule has 0 nitrogen and oxygen atoms in total. The van der Waals surface area contributed by atoms with Gasteiger partial charge in [-0.25, -0.2) is 0 Å². The van der Waals surface area contributed by atoms with Gasteiger partial charge in [-0.15, -0.1) is 47.5 Å². The average Bonchev–Trinajstić information content (AvgIpc) is 3.65. The van der Waals surface area contributed by atoms with Crippen LogP contribution in [0.1, 0.15) is 48.9 Å². The number of benzene rings is 3. The minimum Gasteiger partial charge on any atom is -1.00 e. The second kappa shape index (κ2) is 18.8. The van der Waals surface area contributed by atoms with Crippen molar-refractivity contribution in [2.24, 2.45) is 0 Å². The number of hydrogen-bond acceptors (Lipinski definition) is 0. The van der Waals surface area contributed by atoms with Crippen LogP contribution in [-0.2, 0) is 34.1 Å². The number of aryl methyl sites for hydroxylation is 2. The molecular weight excluding hydrogens is 718 g/mol. The molecule has 0 unspecified atom stereocenters. The van der Waals surface area contributed by atoms with E-state index in [0.717, 1.165) is 25.7 Å². The summed E-state index contributed by atoms with van der Waals surface area (Å²) in [6.07, 6.45) is 19.4. The Labute approximate surface area is 252 Å². The first-order chi connectivity index (χ1) is 17.1. The summed E-state index contributed by atoms with van der Waals surface area (Å²) in [6, 6.07) is 28.3. The minimum atomic E-state index is -0.627. The molecule has 0 N–H and O–H groups in total. The van der Waals surface area contributed by atoms with Crippen molar-refractivity contribution in [2.75, 3.05) is 0 Å². The van der Waals surface area contributed by atoms with E-state index in [2.05, 4.69) is 135 Å². The third-order valence-electron chi connectivity index (χ3n) is 5.89. The Balaban J connectivity index is 0.000000275. The van der Waals surface area contributed by atoms with Gasteiger partial charge in [0.2, 0.25) is 0 Å². The van der Waals surface area contributed by atoms with E-state index in [0.29, 0.717) is 0 Å². The Hall–Kier alpha value is -1.39. The fourth-order valence-electron chi connectivity index (χ4n) is 3.81. The summed E-state index contributed by atoms with van der Waals surface area (Å²) >= 11 is 1.42. The summed E-state index contributed by atoms with van der Waals surface area (Å²) < 4.78 is 1.64. The van der Waals surface area contributed by atoms with E-state index in [9.17, 15) is 0 Å². The van der Waals surface area contributed by atoms with Gasteiger partial charge in [0.1, 0.15) is 0 Å². The van der Waals surface area contributed by atoms with Crippen LogP contribution in [0.5, 0.6) is 0 Å². The predicted molar refractivity (Wildman–Crippen MR) is 150 cm³/mol.